The summed E-state index contributed by atoms with van der Waals surface area (Å²) >= 11 is 6.14. The van der Waals surface area contributed by atoms with Crippen molar-refractivity contribution in [2.45, 2.75) is 32.7 Å². The summed E-state index contributed by atoms with van der Waals surface area (Å²) in [6, 6.07) is 3.84. The Kier molecular flexibility index (Phi) is 3.58. The lowest BCUT2D eigenvalue weighted by Gasteiger charge is -2.38. The first kappa shape index (κ1) is 15.0. The maximum Gasteiger partial charge on any atom is 0.220 e. The van der Waals surface area contributed by atoms with Crippen LogP contribution in [-0.2, 0) is 11.3 Å². The van der Waals surface area contributed by atoms with Crippen LogP contribution >= 0.6 is 11.6 Å². The van der Waals surface area contributed by atoms with Gasteiger partial charge in [-0.2, -0.15) is 0 Å². The van der Waals surface area contributed by atoms with Gasteiger partial charge in [0.2, 0.25) is 5.91 Å². The maximum atomic E-state index is 11.5. The van der Waals surface area contributed by atoms with Crippen LogP contribution in [0.1, 0.15) is 30.7 Å². The summed E-state index contributed by atoms with van der Waals surface area (Å²) in [7, 11) is 0. The smallest absolute Gasteiger partial charge is 0.220 e. The number of pyridine rings is 1. The Morgan fingerprint density at radius 1 is 1.35 bits per heavy atom. The standard InChI is InChI=1S/C17H21ClN4O/c1-12-14(22-9-13(18)2-3-15(22)20-12)10-21-6-4-17(5-7-21)8-16(23)19-11-17/h2-3,9H,4-8,10-11H2,1H3,(H,19,23). The number of amides is 1. The SMILES string of the molecule is Cc1nc2ccc(Cl)cn2c1CN1CCC2(CC1)CNC(=O)C2. The van der Waals surface area contributed by atoms with E-state index in [2.05, 4.69) is 26.5 Å². The van der Waals surface area contributed by atoms with E-state index < -0.39 is 0 Å². The summed E-state index contributed by atoms with van der Waals surface area (Å²) in [6.45, 7) is 5.85. The third kappa shape index (κ3) is 2.72. The van der Waals surface area contributed by atoms with Gasteiger partial charge in [-0.25, -0.2) is 4.98 Å². The highest BCUT2D eigenvalue weighted by Gasteiger charge is 2.40. The fourth-order valence-corrected chi connectivity index (χ4v) is 4.04. The Hall–Kier alpha value is -1.59. The number of aromatic nitrogens is 2. The number of fused-ring (bicyclic) bond motifs is 1. The van der Waals surface area contributed by atoms with Crippen molar-refractivity contribution in [2.24, 2.45) is 5.41 Å². The minimum atomic E-state index is 0.200. The molecule has 1 N–H and O–H groups in total. The summed E-state index contributed by atoms with van der Waals surface area (Å²) in [5.41, 5.74) is 3.41. The molecule has 6 heteroatoms. The Bertz CT molecular complexity index is 761. The fraction of sp³-hybridized carbons (Fsp3) is 0.529. The molecule has 2 aromatic rings. The van der Waals surface area contributed by atoms with Gasteiger partial charge in [0.25, 0.3) is 0 Å². The Morgan fingerprint density at radius 3 is 2.83 bits per heavy atom. The van der Waals surface area contributed by atoms with E-state index in [1.54, 1.807) is 0 Å². The van der Waals surface area contributed by atoms with Crippen molar-refractivity contribution < 1.29 is 4.79 Å². The van der Waals surface area contributed by atoms with Crippen LogP contribution in [0.5, 0.6) is 0 Å². The van der Waals surface area contributed by atoms with Crippen LogP contribution in [0.4, 0.5) is 0 Å². The summed E-state index contributed by atoms with van der Waals surface area (Å²) in [4.78, 5) is 18.6. The largest absolute Gasteiger partial charge is 0.356 e. The Balaban J connectivity index is 1.50. The van der Waals surface area contributed by atoms with E-state index in [9.17, 15) is 4.79 Å². The van der Waals surface area contributed by atoms with Gasteiger partial charge in [0.15, 0.2) is 0 Å². The number of likely N-dealkylation sites (tertiary alicyclic amines) is 1. The van der Waals surface area contributed by atoms with Gasteiger partial charge in [-0.15, -0.1) is 0 Å². The van der Waals surface area contributed by atoms with Gasteiger partial charge in [0.1, 0.15) is 5.65 Å². The second-order valence-corrected chi connectivity index (χ2v) is 7.39. The van der Waals surface area contributed by atoms with Gasteiger partial charge in [-0.1, -0.05) is 11.6 Å². The minimum Gasteiger partial charge on any atom is -0.356 e. The average Bonchev–Trinajstić information content (AvgIpc) is 3.03. The van der Waals surface area contributed by atoms with Gasteiger partial charge in [0, 0.05) is 25.7 Å². The molecule has 2 aliphatic heterocycles. The van der Waals surface area contributed by atoms with Crippen LogP contribution in [0.15, 0.2) is 18.3 Å². The normalized spacial score (nSPS) is 21.2. The summed E-state index contributed by atoms with van der Waals surface area (Å²) in [6.07, 6.45) is 4.81. The zero-order chi connectivity index (χ0) is 16.0. The number of aryl methyl sites for hydroxylation is 1. The van der Waals surface area contributed by atoms with E-state index in [1.807, 2.05) is 18.3 Å². The highest BCUT2D eigenvalue weighted by atomic mass is 35.5. The molecule has 4 heterocycles. The molecule has 5 nitrogen and oxygen atoms in total. The van der Waals surface area contributed by atoms with Crippen molar-refractivity contribution in [1.29, 1.82) is 0 Å². The van der Waals surface area contributed by atoms with E-state index in [1.165, 1.54) is 5.69 Å². The van der Waals surface area contributed by atoms with Gasteiger partial charge < -0.3 is 9.72 Å². The van der Waals surface area contributed by atoms with Crippen LogP contribution in [0.3, 0.4) is 0 Å². The van der Waals surface area contributed by atoms with E-state index in [-0.39, 0.29) is 11.3 Å². The van der Waals surface area contributed by atoms with Crippen molar-refractivity contribution in [1.82, 2.24) is 19.6 Å². The first-order valence-corrected chi connectivity index (χ1v) is 8.55. The molecule has 23 heavy (non-hydrogen) atoms. The molecule has 0 unspecified atom stereocenters. The molecule has 0 aliphatic carbocycles. The molecule has 1 spiro atoms. The van der Waals surface area contributed by atoms with Gasteiger partial charge in [-0.05, 0) is 50.4 Å². The minimum absolute atomic E-state index is 0.200. The molecule has 2 saturated heterocycles. The van der Waals surface area contributed by atoms with Crippen molar-refractivity contribution in [3.8, 4) is 0 Å². The molecule has 122 valence electrons. The van der Waals surface area contributed by atoms with Gasteiger partial charge in [-0.3, -0.25) is 9.69 Å². The van der Waals surface area contributed by atoms with Crippen LogP contribution in [0.25, 0.3) is 5.65 Å². The van der Waals surface area contributed by atoms with E-state index in [0.29, 0.717) is 6.42 Å². The molecule has 0 saturated carbocycles. The monoisotopic (exact) mass is 332 g/mol. The Labute approximate surface area is 140 Å². The third-order valence-corrected chi connectivity index (χ3v) is 5.59. The predicted molar refractivity (Wildman–Crippen MR) is 89.5 cm³/mol. The summed E-state index contributed by atoms with van der Waals surface area (Å²) in [5.74, 6) is 0.214. The summed E-state index contributed by atoms with van der Waals surface area (Å²) in [5, 5.41) is 3.72. The molecule has 2 fully saturated rings. The molecule has 2 aliphatic rings. The number of piperidine rings is 1. The first-order chi connectivity index (χ1) is 11.0. The highest BCUT2D eigenvalue weighted by Crippen LogP contribution is 2.37. The quantitative estimate of drug-likeness (QED) is 0.918. The highest BCUT2D eigenvalue weighted by molar-refractivity contribution is 6.30. The van der Waals surface area contributed by atoms with E-state index >= 15 is 0 Å². The second-order valence-electron chi connectivity index (χ2n) is 6.95. The van der Waals surface area contributed by atoms with Crippen LogP contribution in [0, 0.1) is 12.3 Å². The van der Waals surface area contributed by atoms with Crippen LogP contribution in [0.2, 0.25) is 5.02 Å². The molecule has 0 bridgehead atoms. The number of carbonyl (C=O) groups is 1. The molecule has 0 aromatic carbocycles. The van der Waals surface area contributed by atoms with Crippen molar-refractivity contribution in [3.63, 3.8) is 0 Å². The van der Waals surface area contributed by atoms with E-state index in [0.717, 1.165) is 55.4 Å². The second kappa shape index (κ2) is 5.49. The van der Waals surface area contributed by atoms with Crippen LogP contribution in [-0.4, -0.2) is 39.8 Å². The molecule has 2 aromatic heterocycles. The first-order valence-electron chi connectivity index (χ1n) is 8.17. The number of carbonyl (C=O) groups excluding carboxylic acids is 1. The lowest BCUT2D eigenvalue weighted by molar-refractivity contribution is -0.119. The number of nitrogens with one attached hydrogen (secondary N) is 1. The molecule has 1 amide bonds. The van der Waals surface area contributed by atoms with E-state index in [4.69, 9.17) is 11.6 Å². The topological polar surface area (TPSA) is 49.6 Å². The fourth-order valence-electron chi connectivity index (χ4n) is 3.88. The number of halogens is 1. The van der Waals surface area contributed by atoms with Gasteiger partial charge in [0.05, 0.1) is 16.4 Å². The van der Waals surface area contributed by atoms with Crippen molar-refractivity contribution >= 4 is 23.2 Å². The molecule has 0 atom stereocenters. The summed E-state index contributed by atoms with van der Waals surface area (Å²) < 4.78 is 2.10. The number of hydrogen-bond donors (Lipinski definition) is 1. The van der Waals surface area contributed by atoms with Gasteiger partial charge >= 0.3 is 0 Å². The van der Waals surface area contributed by atoms with Crippen molar-refractivity contribution in [2.75, 3.05) is 19.6 Å². The number of imidazole rings is 1. The zero-order valence-electron chi connectivity index (χ0n) is 13.3. The number of hydrogen-bond acceptors (Lipinski definition) is 3. The maximum absolute atomic E-state index is 11.5. The molecular formula is C17H21ClN4O. The molecule has 0 radical (unpaired) electrons. The lowest BCUT2D eigenvalue weighted by atomic mass is 9.77. The lowest BCUT2D eigenvalue weighted by Crippen LogP contribution is -2.41. The molecule has 4 rings (SSSR count). The Morgan fingerprint density at radius 2 is 2.13 bits per heavy atom. The zero-order valence-corrected chi connectivity index (χ0v) is 14.1. The number of rotatable bonds is 2. The predicted octanol–water partition coefficient (Wildman–Crippen LogP) is 2.40. The molecular weight excluding hydrogens is 312 g/mol. The number of nitrogens with zero attached hydrogens (tertiary/aromatic N) is 3. The van der Waals surface area contributed by atoms with Crippen molar-refractivity contribution in [3.05, 3.63) is 34.7 Å². The third-order valence-electron chi connectivity index (χ3n) is 5.37. The average molecular weight is 333 g/mol. The van der Waals surface area contributed by atoms with Crippen LogP contribution < -0.4 is 5.32 Å².